The van der Waals surface area contributed by atoms with E-state index in [4.69, 9.17) is 0 Å². The van der Waals surface area contributed by atoms with Crippen LogP contribution in [0.3, 0.4) is 0 Å². The molecule has 4 heterocycles. The second kappa shape index (κ2) is 7.74. The van der Waals surface area contributed by atoms with Crippen LogP contribution >= 0.6 is 11.3 Å². The summed E-state index contributed by atoms with van der Waals surface area (Å²) in [6.07, 6.45) is -3.01. The van der Waals surface area contributed by atoms with E-state index < -0.39 is 11.9 Å². The molecular formula is C23H19F3N4OS. The molecule has 5 nitrogen and oxygen atoms in total. The molecule has 0 spiro atoms. The number of halogens is 3. The highest BCUT2D eigenvalue weighted by molar-refractivity contribution is 7.13. The Morgan fingerprint density at radius 3 is 2.69 bits per heavy atom. The highest BCUT2D eigenvalue weighted by Gasteiger charge is 2.37. The average Bonchev–Trinajstić information content (AvgIpc) is 3.52. The first kappa shape index (κ1) is 20.7. The van der Waals surface area contributed by atoms with Crippen LogP contribution in [0, 0.1) is 6.92 Å². The van der Waals surface area contributed by atoms with Gasteiger partial charge in [0.2, 0.25) is 0 Å². The van der Waals surface area contributed by atoms with Gasteiger partial charge < -0.3 is 4.90 Å². The first-order valence-corrected chi connectivity index (χ1v) is 11.1. The van der Waals surface area contributed by atoms with Crippen LogP contribution in [0.5, 0.6) is 0 Å². The third-order valence-electron chi connectivity index (χ3n) is 5.77. The number of fused-ring (bicyclic) bond motifs is 1. The summed E-state index contributed by atoms with van der Waals surface area (Å²) in [6.45, 7) is 2.53. The van der Waals surface area contributed by atoms with E-state index in [2.05, 4.69) is 10.1 Å². The molecule has 1 atom stereocenters. The van der Waals surface area contributed by atoms with E-state index in [0.29, 0.717) is 11.4 Å². The summed E-state index contributed by atoms with van der Waals surface area (Å²) >= 11 is 1.30. The van der Waals surface area contributed by atoms with Crippen LogP contribution in [-0.2, 0) is 6.18 Å². The second-order valence-electron chi connectivity index (χ2n) is 7.81. The van der Waals surface area contributed by atoms with Gasteiger partial charge >= 0.3 is 6.18 Å². The SMILES string of the molecule is Cc1ccccc1[C@@H]1CCCN1C(=O)c1cc2nc(-c3cccs3)cc(C(F)(F)F)n2n1. The number of aromatic nitrogens is 3. The summed E-state index contributed by atoms with van der Waals surface area (Å²) in [4.78, 5) is 20.0. The molecule has 9 heteroatoms. The van der Waals surface area contributed by atoms with E-state index in [0.717, 1.165) is 34.6 Å². The number of nitrogens with zero attached hydrogens (tertiary/aromatic N) is 4. The second-order valence-corrected chi connectivity index (χ2v) is 8.76. The fourth-order valence-corrected chi connectivity index (χ4v) is 4.96. The maximum atomic E-state index is 13.8. The zero-order valence-corrected chi connectivity index (χ0v) is 18.0. The van der Waals surface area contributed by atoms with E-state index in [9.17, 15) is 18.0 Å². The molecule has 0 saturated carbocycles. The van der Waals surface area contributed by atoms with E-state index in [1.807, 2.05) is 31.2 Å². The topological polar surface area (TPSA) is 50.5 Å². The van der Waals surface area contributed by atoms with Crippen LogP contribution < -0.4 is 0 Å². The monoisotopic (exact) mass is 456 g/mol. The van der Waals surface area contributed by atoms with E-state index >= 15 is 0 Å². The zero-order valence-electron chi connectivity index (χ0n) is 17.1. The highest BCUT2D eigenvalue weighted by atomic mass is 32.1. The minimum absolute atomic E-state index is 0.00165. The van der Waals surface area contributed by atoms with E-state index in [1.165, 1.54) is 17.4 Å². The maximum Gasteiger partial charge on any atom is 0.433 e. The zero-order chi connectivity index (χ0) is 22.5. The average molecular weight is 456 g/mol. The molecule has 0 unspecified atom stereocenters. The van der Waals surface area contributed by atoms with Gasteiger partial charge in [0, 0.05) is 12.6 Å². The van der Waals surface area contributed by atoms with Crippen molar-refractivity contribution in [3.63, 3.8) is 0 Å². The lowest BCUT2D eigenvalue weighted by atomic mass is 9.99. The van der Waals surface area contributed by atoms with E-state index in [-0.39, 0.29) is 29.0 Å². The van der Waals surface area contributed by atoms with Crippen LogP contribution in [0.4, 0.5) is 13.2 Å². The number of carbonyl (C=O) groups is 1. The molecule has 1 amide bonds. The highest BCUT2D eigenvalue weighted by Crippen LogP contribution is 2.36. The first-order chi connectivity index (χ1) is 15.3. The fourth-order valence-electron chi connectivity index (χ4n) is 4.27. The molecule has 32 heavy (non-hydrogen) atoms. The number of rotatable bonds is 3. The molecule has 1 aliphatic rings. The molecule has 0 radical (unpaired) electrons. The molecular weight excluding hydrogens is 437 g/mol. The van der Waals surface area contributed by atoms with Gasteiger partial charge in [-0.15, -0.1) is 11.3 Å². The lowest BCUT2D eigenvalue weighted by Gasteiger charge is -2.25. The van der Waals surface area contributed by atoms with Crippen molar-refractivity contribution in [2.45, 2.75) is 32.0 Å². The van der Waals surface area contributed by atoms with Crippen LogP contribution in [0.15, 0.2) is 53.9 Å². The molecule has 1 aliphatic heterocycles. The van der Waals surface area contributed by atoms with Crippen molar-refractivity contribution in [1.29, 1.82) is 0 Å². The molecule has 1 aromatic carbocycles. The Hall–Kier alpha value is -3.20. The predicted octanol–water partition coefficient (Wildman–Crippen LogP) is 5.76. The van der Waals surface area contributed by atoms with Gasteiger partial charge in [-0.3, -0.25) is 4.79 Å². The third kappa shape index (κ3) is 3.56. The number of hydrogen-bond donors (Lipinski definition) is 0. The van der Waals surface area contributed by atoms with Crippen LogP contribution in [-0.4, -0.2) is 31.9 Å². The lowest BCUT2D eigenvalue weighted by molar-refractivity contribution is -0.142. The molecule has 4 aromatic rings. The number of aryl methyl sites for hydroxylation is 1. The van der Waals surface area contributed by atoms with Gasteiger partial charge in [0.15, 0.2) is 17.0 Å². The quantitative estimate of drug-likeness (QED) is 0.394. The smallest absolute Gasteiger partial charge is 0.330 e. The molecule has 164 valence electrons. The Balaban J connectivity index is 1.57. The summed E-state index contributed by atoms with van der Waals surface area (Å²) in [5, 5.41) is 5.82. The van der Waals surface area contributed by atoms with Gasteiger partial charge in [-0.05, 0) is 48.4 Å². The maximum absolute atomic E-state index is 13.8. The molecule has 5 rings (SSSR count). The fraction of sp³-hybridized carbons (Fsp3) is 0.261. The van der Waals surface area contributed by atoms with Gasteiger partial charge in [-0.1, -0.05) is 30.3 Å². The van der Waals surface area contributed by atoms with Crippen molar-refractivity contribution < 1.29 is 18.0 Å². The van der Waals surface area contributed by atoms with Gasteiger partial charge in [0.1, 0.15) is 0 Å². The molecule has 0 aliphatic carbocycles. The number of hydrogen-bond acceptors (Lipinski definition) is 4. The summed E-state index contributed by atoms with van der Waals surface area (Å²) in [6, 6.07) is 13.5. The predicted molar refractivity (Wildman–Crippen MR) is 115 cm³/mol. The van der Waals surface area contributed by atoms with Crippen molar-refractivity contribution in [2.75, 3.05) is 6.54 Å². The number of amides is 1. The summed E-state index contributed by atoms with van der Waals surface area (Å²) in [5.41, 5.74) is 1.34. The van der Waals surface area contributed by atoms with Crippen LogP contribution in [0.2, 0.25) is 0 Å². The normalized spacial score (nSPS) is 16.8. The Morgan fingerprint density at radius 1 is 1.16 bits per heavy atom. The van der Waals surface area contributed by atoms with Gasteiger partial charge in [0.05, 0.1) is 16.6 Å². The molecule has 0 N–H and O–H groups in total. The van der Waals surface area contributed by atoms with Crippen molar-refractivity contribution in [3.05, 3.63) is 76.4 Å². The molecule has 0 bridgehead atoms. The lowest BCUT2D eigenvalue weighted by Crippen LogP contribution is -2.31. The molecule has 1 saturated heterocycles. The van der Waals surface area contributed by atoms with Crippen LogP contribution in [0.1, 0.15) is 46.2 Å². The third-order valence-corrected chi connectivity index (χ3v) is 6.66. The standard InChI is InChI=1S/C23H19F3N4OS/c1-14-6-2-3-7-15(14)18-8-4-10-29(18)22(31)17-13-21-27-16(19-9-5-11-32-19)12-20(23(24,25)26)30(21)28-17/h2-3,5-7,9,11-13,18H,4,8,10H2,1H3/t18-/m0/s1. The Labute approximate surface area is 186 Å². The van der Waals surface area contributed by atoms with Crippen molar-refractivity contribution in [2.24, 2.45) is 0 Å². The van der Waals surface area contributed by atoms with Gasteiger partial charge in [0.25, 0.3) is 5.91 Å². The van der Waals surface area contributed by atoms with Crippen LogP contribution in [0.25, 0.3) is 16.2 Å². The Bertz CT molecular complexity index is 1300. The Kier molecular flexibility index (Phi) is 5.00. The Morgan fingerprint density at radius 2 is 1.97 bits per heavy atom. The van der Waals surface area contributed by atoms with Crippen molar-refractivity contribution in [3.8, 4) is 10.6 Å². The van der Waals surface area contributed by atoms with E-state index in [1.54, 1.807) is 22.4 Å². The number of likely N-dealkylation sites (tertiary alicyclic amines) is 1. The number of carbonyl (C=O) groups excluding carboxylic acids is 1. The minimum Gasteiger partial charge on any atom is -0.330 e. The van der Waals surface area contributed by atoms with Crippen molar-refractivity contribution in [1.82, 2.24) is 19.5 Å². The van der Waals surface area contributed by atoms with Gasteiger partial charge in [-0.25, -0.2) is 9.50 Å². The summed E-state index contributed by atoms with van der Waals surface area (Å²) in [7, 11) is 0. The first-order valence-electron chi connectivity index (χ1n) is 10.2. The summed E-state index contributed by atoms with van der Waals surface area (Å²) in [5.74, 6) is -0.382. The van der Waals surface area contributed by atoms with Gasteiger partial charge in [-0.2, -0.15) is 18.3 Å². The molecule has 3 aromatic heterocycles. The minimum atomic E-state index is -4.64. The largest absolute Gasteiger partial charge is 0.433 e. The molecule has 1 fully saturated rings. The number of thiophene rings is 1. The summed E-state index contributed by atoms with van der Waals surface area (Å²) < 4.78 is 42.1. The van der Waals surface area contributed by atoms with Crippen molar-refractivity contribution >= 4 is 22.9 Å². The number of alkyl halides is 3. The number of benzene rings is 1.